The Labute approximate surface area is 181 Å². The second kappa shape index (κ2) is 11.0. The molecule has 0 aliphatic carbocycles. The van der Waals surface area contributed by atoms with Crippen LogP contribution in [-0.2, 0) is 4.79 Å². The number of hydrogen-bond donors (Lipinski definition) is 1. The molecule has 0 unspecified atom stereocenters. The number of rotatable bonds is 11. The molecule has 0 fully saturated rings. The van der Waals surface area contributed by atoms with Gasteiger partial charge in [-0.25, -0.2) is 0 Å². The molecule has 0 radical (unpaired) electrons. The Hall–Kier alpha value is -3.55. The van der Waals surface area contributed by atoms with Crippen LogP contribution >= 0.6 is 0 Å². The summed E-state index contributed by atoms with van der Waals surface area (Å²) < 4.78 is 7.24. The summed E-state index contributed by atoms with van der Waals surface area (Å²) in [6.07, 6.45) is 3.54. The van der Waals surface area contributed by atoms with Gasteiger partial charge >= 0.3 is 0 Å². The van der Waals surface area contributed by atoms with Gasteiger partial charge in [0.25, 0.3) is 0 Å². The third-order valence-electron chi connectivity index (χ3n) is 4.77. The lowest BCUT2D eigenvalue weighted by Gasteiger charge is -2.08. The minimum Gasteiger partial charge on any atom is -0.494 e. The van der Waals surface area contributed by atoms with Crippen molar-refractivity contribution in [2.45, 2.75) is 46.0 Å². The number of carbonyl (C=O) groups is 2. The van der Waals surface area contributed by atoms with Crippen molar-refractivity contribution in [1.29, 1.82) is 0 Å². The van der Waals surface area contributed by atoms with Crippen molar-refractivity contribution in [2.75, 3.05) is 11.9 Å². The Morgan fingerprint density at radius 1 is 1.06 bits per heavy atom. The van der Waals surface area contributed by atoms with Crippen LogP contribution in [0.1, 0.15) is 55.2 Å². The van der Waals surface area contributed by atoms with E-state index >= 15 is 0 Å². The molecule has 0 spiro atoms. The average Bonchev–Trinajstić information content (AvgIpc) is 3.21. The molecule has 8 nitrogen and oxygen atoms in total. The first kappa shape index (κ1) is 22.1. The van der Waals surface area contributed by atoms with Crippen LogP contribution in [-0.4, -0.2) is 38.5 Å². The van der Waals surface area contributed by atoms with Gasteiger partial charge in [-0.2, -0.15) is 4.68 Å². The molecule has 0 aliphatic heterocycles. The zero-order valence-corrected chi connectivity index (χ0v) is 17.9. The van der Waals surface area contributed by atoms with E-state index < -0.39 is 0 Å². The van der Waals surface area contributed by atoms with Crippen molar-refractivity contribution in [1.82, 2.24) is 20.2 Å². The van der Waals surface area contributed by atoms with E-state index in [1.54, 1.807) is 48.0 Å². The highest BCUT2D eigenvalue weighted by atomic mass is 16.5. The van der Waals surface area contributed by atoms with E-state index in [1.807, 2.05) is 12.1 Å². The first-order chi connectivity index (χ1) is 15.1. The summed E-state index contributed by atoms with van der Waals surface area (Å²) in [7, 11) is 0. The lowest BCUT2D eigenvalue weighted by Crippen LogP contribution is -2.14. The Morgan fingerprint density at radius 3 is 2.58 bits per heavy atom. The van der Waals surface area contributed by atoms with Gasteiger partial charge in [-0.3, -0.25) is 9.59 Å². The number of anilines is 1. The molecule has 0 saturated heterocycles. The van der Waals surface area contributed by atoms with Crippen LogP contribution in [0.4, 0.5) is 5.69 Å². The van der Waals surface area contributed by atoms with Gasteiger partial charge in [-0.15, -0.1) is 5.10 Å². The van der Waals surface area contributed by atoms with E-state index in [-0.39, 0.29) is 24.5 Å². The second-order valence-electron chi connectivity index (χ2n) is 7.24. The number of amides is 1. The molecule has 0 saturated carbocycles. The first-order valence-electron chi connectivity index (χ1n) is 10.5. The summed E-state index contributed by atoms with van der Waals surface area (Å²) in [5.74, 6) is 1.09. The van der Waals surface area contributed by atoms with Crippen molar-refractivity contribution in [3.8, 4) is 11.4 Å². The molecule has 8 heteroatoms. The number of aryl methyl sites for hydroxylation is 1. The highest BCUT2D eigenvalue weighted by molar-refractivity contribution is 6.00. The normalized spacial score (nSPS) is 10.6. The smallest absolute Gasteiger partial charge is 0.224 e. The van der Waals surface area contributed by atoms with Gasteiger partial charge in [0.15, 0.2) is 11.6 Å². The maximum atomic E-state index is 12.4. The van der Waals surface area contributed by atoms with Crippen molar-refractivity contribution in [3.63, 3.8) is 0 Å². The molecule has 3 rings (SSSR count). The summed E-state index contributed by atoms with van der Waals surface area (Å²) in [4.78, 5) is 24.7. The molecule has 2 aromatic carbocycles. The van der Waals surface area contributed by atoms with Gasteiger partial charge < -0.3 is 10.1 Å². The molecule has 1 aromatic heterocycles. The molecule has 0 atom stereocenters. The Kier molecular flexibility index (Phi) is 7.86. The van der Waals surface area contributed by atoms with Crippen LogP contribution < -0.4 is 10.1 Å². The maximum absolute atomic E-state index is 12.4. The van der Waals surface area contributed by atoms with Gasteiger partial charge in [0.1, 0.15) is 5.75 Å². The highest BCUT2D eigenvalue weighted by Crippen LogP contribution is 2.17. The van der Waals surface area contributed by atoms with Crippen molar-refractivity contribution in [3.05, 3.63) is 59.9 Å². The first-order valence-corrected chi connectivity index (χ1v) is 10.5. The second-order valence-corrected chi connectivity index (χ2v) is 7.24. The number of hydrogen-bond acceptors (Lipinski definition) is 6. The predicted octanol–water partition coefficient (Wildman–Crippen LogP) is 4.14. The summed E-state index contributed by atoms with van der Waals surface area (Å²) in [6.45, 7) is 4.62. The zero-order chi connectivity index (χ0) is 22.1. The Morgan fingerprint density at radius 2 is 1.87 bits per heavy atom. The van der Waals surface area contributed by atoms with E-state index in [4.69, 9.17) is 4.74 Å². The number of Topliss-reactive ketones (excluding diaryl/α,β-unsaturated/α-hetero) is 1. The van der Waals surface area contributed by atoms with Crippen molar-refractivity contribution in [2.24, 2.45) is 0 Å². The summed E-state index contributed by atoms with van der Waals surface area (Å²) in [5, 5.41) is 14.2. The van der Waals surface area contributed by atoms with E-state index in [1.165, 1.54) is 0 Å². The third kappa shape index (κ3) is 6.47. The monoisotopic (exact) mass is 421 g/mol. The fourth-order valence-electron chi connectivity index (χ4n) is 3.06. The number of aromatic nitrogens is 4. The van der Waals surface area contributed by atoms with Gasteiger partial charge in [-0.05, 0) is 66.2 Å². The molecule has 3 aromatic rings. The highest BCUT2D eigenvalue weighted by Gasteiger charge is 2.11. The summed E-state index contributed by atoms with van der Waals surface area (Å²) >= 11 is 0. The van der Waals surface area contributed by atoms with Crippen LogP contribution in [0.15, 0.2) is 48.5 Å². The van der Waals surface area contributed by atoms with Crippen molar-refractivity contribution >= 4 is 17.4 Å². The van der Waals surface area contributed by atoms with Crippen LogP contribution in [0.3, 0.4) is 0 Å². The number of unbranched alkanes of at least 4 members (excludes halogenated alkanes) is 2. The molecular formula is C23H27N5O3. The number of nitrogens with one attached hydrogen (secondary N) is 1. The van der Waals surface area contributed by atoms with E-state index in [0.717, 1.165) is 30.7 Å². The molecule has 162 valence electrons. The molecule has 1 N–H and O–H groups in total. The van der Waals surface area contributed by atoms with Gasteiger partial charge in [0.2, 0.25) is 5.91 Å². The number of ketones is 1. The summed E-state index contributed by atoms with van der Waals surface area (Å²) in [5.41, 5.74) is 1.94. The van der Waals surface area contributed by atoms with Crippen LogP contribution in [0.5, 0.6) is 5.75 Å². The largest absolute Gasteiger partial charge is 0.494 e. The lowest BCUT2D eigenvalue weighted by atomic mass is 10.1. The Balaban J connectivity index is 1.48. The van der Waals surface area contributed by atoms with Gasteiger partial charge in [-0.1, -0.05) is 25.8 Å². The molecule has 0 bridgehead atoms. The molecular weight excluding hydrogens is 394 g/mol. The van der Waals surface area contributed by atoms with E-state index in [2.05, 4.69) is 27.8 Å². The number of benzene rings is 2. The molecule has 31 heavy (non-hydrogen) atoms. The maximum Gasteiger partial charge on any atom is 0.224 e. The summed E-state index contributed by atoms with van der Waals surface area (Å²) in [6, 6.07) is 14.3. The third-order valence-corrected chi connectivity index (χ3v) is 4.77. The Bertz CT molecular complexity index is 1010. The minimum absolute atomic E-state index is 0.0780. The minimum atomic E-state index is -0.227. The number of nitrogens with zero attached hydrogens (tertiary/aromatic N) is 4. The lowest BCUT2D eigenvalue weighted by molar-refractivity contribution is -0.116. The molecule has 1 amide bonds. The standard InChI is InChI=1S/C23H27N5O3/c1-3-4-5-15-31-21-11-9-18(10-12-21)22(29)13-14-23(30)24-19-7-6-8-20(16-19)28-17(2)25-26-27-28/h6-12,16H,3-5,13-15H2,1-2H3,(H,24,30). The van der Waals surface area contributed by atoms with Crippen LogP contribution in [0.2, 0.25) is 0 Å². The van der Waals surface area contributed by atoms with Crippen molar-refractivity contribution < 1.29 is 14.3 Å². The van der Waals surface area contributed by atoms with Gasteiger partial charge in [0, 0.05) is 24.1 Å². The topological polar surface area (TPSA) is 99.0 Å². The fourth-order valence-corrected chi connectivity index (χ4v) is 3.06. The zero-order valence-electron chi connectivity index (χ0n) is 17.9. The molecule has 1 heterocycles. The van der Waals surface area contributed by atoms with E-state index in [0.29, 0.717) is 23.7 Å². The predicted molar refractivity (Wildman–Crippen MR) is 118 cm³/mol. The van der Waals surface area contributed by atoms with E-state index in [9.17, 15) is 9.59 Å². The SMILES string of the molecule is CCCCCOc1ccc(C(=O)CCC(=O)Nc2cccc(-n3nnnc3C)c2)cc1. The fraction of sp³-hybridized carbons (Fsp3) is 0.348. The van der Waals surface area contributed by atoms with Gasteiger partial charge in [0.05, 0.1) is 12.3 Å². The molecule has 0 aliphatic rings. The average molecular weight is 422 g/mol. The van der Waals surface area contributed by atoms with Crippen LogP contribution in [0.25, 0.3) is 5.69 Å². The number of ether oxygens (including phenoxy) is 1. The quantitative estimate of drug-likeness (QED) is 0.369. The number of carbonyl (C=O) groups excluding carboxylic acids is 2. The number of tetrazole rings is 1. The van der Waals surface area contributed by atoms with Crippen LogP contribution in [0, 0.1) is 6.92 Å².